The summed E-state index contributed by atoms with van der Waals surface area (Å²) in [5.74, 6) is -3.76. The summed E-state index contributed by atoms with van der Waals surface area (Å²) in [4.78, 5) is 0. The van der Waals surface area contributed by atoms with Crippen LogP contribution >= 0.6 is 0 Å². The fourth-order valence-electron chi connectivity index (χ4n) is 2.36. The van der Waals surface area contributed by atoms with Gasteiger partial charge in [0.05, 0.1) is 6.08 Å². The molecule has 0 saturated heterocycles. The van der Waals surface area contributed by atoms with E-state index in [9.17, 15) is 26.3 Å². The van der Waals surface area contributed by atoms with Crippen LogP contribution in [0, 0.1) is 0 Å². The number of hydrogen-bond donors (Lipinski definition) is 0. The fourth-order valence-corrected chi connectivity index (χ4v) is 2.36. The Morgan fingerprint density at radius 3 is 1.62 bits per heavy atom. The third-order valence-electron chi connectivity index (χ3n) is 3.64. The zero-order valence-corrected chi connectivity index (χ0v) is 13.9. The van der Waals surface area contributed by atoms with Gasteiger partial charge in [0.2, 0.25) is 0 Å². The summed E-state index contributed by atoms with van der Waals surface area (Å²) in [6.45, 7) is 2.00. The largest absolute Gasteiger partial charge is 0.412 e. The third kappa shape index (κ3) is 5.25. The van der Waals surface area contributed by atoms with Gasteiger partial charge in [-0.3, -0.25) is 0 Å². The van der Waals surface area contributed by atoms with E-state index in [-0.39, 0.29) is 16.7 Å². The van der Waals surface area contributed by atoms with Gasteiger partial charge in [-0.15, -0.1) is 0 Å². The molecule has 0 aliphatic heterocycles. The summed E-state index contributed by atoms with van der Waals surface area (Å²) in [6, 6.07) is 10.3. The summed E-state index contributed by atoms with van der Waals surface area (Å²) in [5, 5.41) is 0. The number of allylic oxidation sites excluding steroid dienone is 1. The average molecular weight is 370 g/mol. The van der Waals surface area contributed by atoms with Crippen molar-refractivity contribution >= 4 is 17.5 Å². The van der Waals surface area contributed by atoms with Crippen LogP contribution in [0.3, 0.4) is 0 Å². The molecule has 0 saturated carbocycles. The molecule has 0 fully saturated rings. The van der Waals surface area contributed by atoms with Gasteiger partial charge in [0, 0.05) is 16.7 Å². The lowest BCUT2D eigenvalue weighted by Gasteiger charge is -2.05. The van der Waals surface area contributed by atoms with Crippen LogP contribution in [0.1, 0.15) is 35.6 Å². The maximum absolute atomic E-state index is 14.3. The first-order valence-corrected chi connectivity index (χ1v) is 7.91. The first kappa shape index (κ1) is 19.8. The Morgan fingerprint density at radius 2 is 1.19 bits per heavy atom. The van der Waals surface area contributed by atoms with Crippen molar-refractivity contribution in [3.8, 4) is 0 Å². The molecule has 2 rings (SSSR count). The predicted octanol–water partition coefficient (Wildman–Crippen LogP) is 7.28. The van der Waals surface area contributed by atoms with Crippen LogP contribution in [0.4, 0.5) is 26.3 Å². The highest BCUT2D eigenvalue weighted by atomic mass is 19.4. The van der Waals surface area contributed by atoms with E-state index >= 15 is 0 Å². The maximum atomic E-state index is 14.3. The van der Waals surface area contributed by atoms with Gasteiger partial charge in [0.25, 0.3) is 0 Å². The molecule has 0 radical (unpaired) electrons. The average Bonchev–Trinajstić information content (AvgIpc) is 2.60. The fraction of sp³-hybridized carbons (Fsp3) is 0.200. The molecule has 0 heterocycles. The maximum Gasteiger partial charge on any atom is 0.412 e. The molecule has 0 N–H and O–H groups in total. The van der Waals surface area contributed by atoms with Crippen molar-refractivity contribution in [1.82, 2.24) is 0 Å². The monoisotopic (exact) mass is 370 g/mol. The van der Waals surface area contributed by atoms with Gasteiger partial charge in [0.15, 0.2) is 11.7 Å². The Morgan fingerprint density at radius 1 is 0.769 bits per heavy atom. The molecule has 0 aliphatic rings. The molecule has 6 heteroatoms. The van der Waals surface area contributed by atoms with Gasteiger partial charge >= 0.3 is 6.18 Å². The number of alkyl halides is 3. The molecule has 0 aromatic heterocycles. The van der Waals surface area contributed by atoms with Crippen LogP contribution < -0.4 is 0 Å². The topological polar surface area (TPSA) is 0 Å². The zero-order valence-electron chi connectivity index (χ0n) is 13.9. The highest BCUT2D eigenvalue weighted by molar-refractivity contribution is 5.83. The molecular formula is C20H16F6. The minimum Gasteiger partial charge on any atom is -0.206 e. The molecule has 2 aromatic rings. The van der Waals surface area contributed by atoms with Gasteiger partial charge in [-0.1, -0.05) is 61.9 Å². The summed E-state index contributed by atoms with van der Waals surface area (Å²) >= 11 is 0. The molecule has 0 unspecified atom stereocenters. The highest BCUT2D eigenvalue weighted by Crippen LogP contribution is 2.31. The van der Waals surface area contributed by atoms with E-state index in [0.29, 0.717) is 0 Å². The standard InChI is InChI=1S/C20H16F6/c1-2-3-13-4-6-15(7-5-13)18(22)19(23)16-10-8-14(9-11-16)17(21)12-20(24,25)26/h4-12H,2-3H2,1H3. The summed E-state index contributed by atoms with van der Waals surface area (Å²) < 4.78 is 78.4. The molecule has 0 aliphatic carbocycles. The van der Waals surface area contributed by atoms with Crippen LogP contribution in [0.15, 0.2) is 54.6 Å². The lowest BCUT2D eigenvalue weighted by molar-refractivity contribution is -0.0798. The van der Waals surface area contributed by atoms with Crippen LogP contribution in [0.5, 0.6) is 0 Å². The second-order valence-electron chi connectivity index (χ2n) is 5.69. The minimum absolute atomic E-state index is 0.0505. The van der Waals surface area contributed by atoms with Crippen molar-refractivity contribution in [3.63, 3.8) is 0 Å². The van der Waals surface area contributed by atoms with Crippen LogP contribution in [0.25, 0.3) is 17.5 Å². The number of hydrogen-bond acceptors (Lipinski definition) is 0. The first-order valence-electron chi connectivity index (χ1n) is 7.91. The van der Waals surface area contributed by atoms with E-state index in [1.54, 1.807) is 12.1 Å². The summed E-state index contributed by atoms with van der Waals surface area (Å²) in [7, 11) is 0. The van der Waals surface area contributed by atoms with Gasteiger partial charge in [-0.2, -0.15) is 13.2 Å². The number of aryl methyl sites for hydroxylation is 1. The van der Waals surface area contributed by atoms with Crippen LogP contribution in [0.2, 0.25) is 0 Å². The molecular weight excluding hydrogens is 354 g/mol. The van der Waals surface area contributed by atoms with Crippen LogP contribution in [-0.2, 0) is 6.42 Å². The number of rotatable bonds is 5. The van der Waals surface area contributed by atoms with E-state index < -0.39 is 29.7 Å². The quantitative estimate of drug-likeness (QED) is 0.383. The van der Waals surface area contributed by atoms with E-state index in [1.165, 1.54) is 12.1 Å². The Hall–Kier alpha value is -2.50. The van der Waals surface area contributed by atoms with Crippen molar-refractivity contribution in [2.45, 2.75) is 25.9 Å². The van der Waals surface area contributed by atoms with Gasteiger partial charge in [-0.05, 0) is 12.0 Å². The summed E-state index contributed by atoms with van der Waals surface area (Å²) in [6.07, 6.45) is -3.54. The van der Waals surface area contributed by atoms with Crippen molar-refractivity contribution in [2.24, 2.45) is 0 Å². The predicted molar refractivity (Wildman–Crippen MR) is 91.0 cm³/mol. The van der Waals surface area contributed by atoms with E-state index in [1.807, 2.05) is 6.92 Å². The third-order valence-corrected chi connectivity index (χ3v) is 3.64. The van der Waals surface area contributed by atoms with E-state index in [4.69, 9.17) is 0 Å². The second kappa shape index (κ2) is 8.25. The van der Waals surface area contributed by atoms with Gasteiger partial charge in [-0.25, -0.2) is 13.2 Å². The first-order chi connectivity index (χ1) is 12.2. The lowest BCUT2D eigenvalue weighted by atomic mass is 10.0. The van der Waals surface area contributed by atoms with E-state index in [0.717, 1.165) is 42.7 Å². The molecule has 0 bridgehead atoms. The molecule has 0 atom stereocenters. The van der Waals surface area contributed by atoms with E-state index in [2.05, 4.69) is 0 Å². The molecule has 26 heavy (non-hydrogen) atoms. The smallest absolute Gasteiger partial charge is 0.206 e. The van der Waals surface area contributed by atoms with Crippen molar-refractivity contribution in [3.05, 3.63) is 76.9 Å². The Bertz CT molecular complexity index is 796. The van der Waals surface area contributed by atoms with Crippen LogP contribution in [-0.4, -0.2) is 6.18 Å². The number of benzene rings is 2. The molecule has 0 nitrogen and oxygen atoms in total. The van der Waals surface area contributed by atoms with Crippen molar-refractivity contribution in [1.29, 1.82) is 0 Å². The SMILES string of the molecule is CCCc1ccc(C(F)=C(F)c2ccc(C(F)=CC(F)(F)F)cc2)cc1. The summed E-state index contributed by atoms with van der Waals surface area (Å²) in [5.41, 5.74) is 0.488. The van der Waals surface area contributed by atoms with Crippen molar-refractivity contribution < 1.29 is 26.3 Å². The Kier molecular flexibility index (Phi) is 6.29. The Labute approximate surface area is 147 Å². The Balaban J connectivity index is 2.26. The highest BCUT2D eigenvalue weighted by Gasteiger charge is 2.25. The second-order valence-corrected chi connectivity index (χ2v) is 5.69. The van der Waals surface area contributed by atoms with Gasteiger partial charge in [0.1, 0.15) is 5.83 Å². The molecule has 0 amide bonds. The minimum atomic E-state index is -4.80. The van der Waals surface area contributed by atoms with Crippen molar-refractivity contribution in [2.75, 3.05) is 0 Å². The molecule has 2 aromatic carbocycles. The molecule has 138 valence electrons. The van der Waals surface area contributed by atoms with Gasteiger partial charge < -0.3 is 0 Å². The normalized spacial score (nSPS) is 13.6. The number of halogens is 6. The lowest BCUT2D eigenvalue weighted by Crippen LogP contribution is -2.01. The molecule has 0 spiro atoms. The zero-order chi connectivity index (χ0) is 19.3.